The number of carbonyl (C=O) groups excluding carboxylic acids is 1. The zero-order chi connectivity index (χ0) is 13.8. The third-order valence-corrected chi connectivity index (χ3v) is 3.56. The molecule has 1 amide bonds. The highest BCUT2D eigenvalue weighted by Crippen LogP contribution is 2.28. The number of halogens is 1. The number of aromatic nitrogens is 1. The fourth-order valence-electron chi connectivity index (χ4n) is 2.40. The van der Waals surface area contributed by atoms with E-state index in [9.17, 15) is 4.79 Å². The van der Waals surface area contributed by atoms with Crippen LogP contribution in [-0.2, 0) is 0 Å². The van der Waals surface area contributed by atoms with Crippen molar-refractivity contribution in [3.8, 4) is 6.07 Å². The second-order valence-corrected chi connectivity index (χ2v) is 5.14. The lowest BCUT2D eigenvalue weighted by Gasteiger charge is -2.27. The van der Waals surface area contributed by atoms with Gasteiger partial charge in [0.15, 0.2) is 0 Å². The van der Waals surface area contributed by atoms with E-state index in [1.54, 1.807) is 6.07 Å². The number of nitrogens with zero attached hydrogens (tertiary/aromatic N) is 2. The van der Waals surface area contributed by atoms with Gasteiger partial charge in [-0.3, -0.25) is 4.79 Å². The summed E-state index contributed by atoms with van der Waals surface area (Å²) >= 11 is 5.84. The number of carbonyl (C=O) groups is 1. The predicted octanol–water partition coefficient (Wildman–Crippen LogP) is 2.33. The zero-order valence-electron chi connectivity index (χ0n) is 10.4. The van der Waals surface area contributed by atoms with E-state index < -0.39 is 5.91 Å². The van der Waals surface area contributed by atoms with E-state index in [1.165, 1.54) is 6.20 Å². The van der Waals surface area contributed by atoms with Gasteiger partial charge < -0.3 is 11.1 Å². The quantitative estimate of drug-likeness (QED) is 0.830. The maximum Gasteiger partial charge on any atom is 0.252 e. The standard InChI is InChI=1S/C13H15ClN4O/c14-12-5-11(10(7-17-12)13(16)19)18-9-3-1-2-8(4-9)6-15/h5,7-9H,1-4H2,(H2,16,19)(H,17,18)/t8-,9-/m0/s1. The number of nitrogens with one attached hydrogen (secondary N) is 1. The second-order valence-electron chi connectivity index (χ2n) is 4.75. The highest BCUT2D eigenvalue weighted by atomic mass is 35.5. The number of amides is 1. The van der Waals surface area contributed by atoms with Crippen molar-refractivity contribution in [3.05, 3.63) is 23.0 Å². The van der Waals surface area contributed by atoms with Crippen molar-refractivity contribution in [3.63, 3.8) is 0 Å². The number of anilines is 1. The second kappa shape index (κ2) is 5.89. The monoisotopic (exact) mass is 278 g/mol. The Bertz CT molecular complexity index is 526. The molecular formula is C13H15ClN4O. The third kappa shape index (κ3) is 3.36. The van der Waals surface area contributed by atoms with E-state index in [-0.39, 0.29) is 12.0 Å². The first-order chi connectivity index (χ1) is 9.10. The average molecular weight is 279 g/mol. The minimum absolute atomic E-state index is 0.0700. The number of primary amides is 1. The molecule has 5 nitrogen and oxygen atoms in total. The summed E-state index contributed by atoms with van der Waals surface area (Å²) < 4.78 is 0. The minimum Gasteiger partial charge on any atom is -0.381 e. The van der Waals surface area contributed by atoms with E-state index in [1.807, 2.05) is 0 Å². The van der Waals surface area contributed by atoms with Crippen molar-refractivity contribution in [2.24, 2.45) is 11.7 Å². The third-order valence-electron chi connectivity index (χ3n) is 3.35. The zero-order valence-corrected chi connectivity index (χ0v) is 11.2. The van der Waals surface area contributed by atoms with Crippen molar-refractivity contribution in [1.29, 1.82) is 5.26 Å². The van der Waals surface area contributed by atoms with Crippen molar-refractivity contribution in [1.82, 2.24) is 4.98 Å². The summed E-state index contributed by atoms with van der Waals surface area (Å²) in [6.07, 6.45) is 5.05. The van der Waals surface area contributed by atoms with Crippen LogP contribution in [0.25, 0.3) is 0 Å². The first-order valence-electron chi connectivity index (χ1n) is 6.21. The van der Waals surface area contributed by atoms with Crippen LogP contribution in [0.4, 0.5) is 5.69 Å². The van der Waals surface area contributed by atoms with Gasteiger partial charge in [0.05, 0.1) is 17.3 Å². The molecule has 0 spiro atoms. The number of nitriles is 1. The maximum atomic E-state index is 11.3. The predicted molar refractivity (Wildman–Crippen MR) is 72.7 cm³/mol. The molecule has 0 radical (unpaired) electrons. The molecular weight excluding hydrogens is 264 g/mol. The van der Waals surface area contributed by atoms with E-state index >= 15 is 0 Å². The van der Waals surface area contributed by atoms with Crippen LogP contribution in [0.15, 0.2) is 12.3 Å². The van der Waals surface area contributed by atoms with Gasteiger partial charge in [0.25, 0.3) is 5.91 Å². The molecule has 1 aliphatic carbocycles. The van der Waals surface area contributed by atoms with Crippen molar-refractivity contribution < 1.29 is 4.79 Å². The maximum absolute atomic E-state index is 11.3. The highest BCUT2D eigenvalue weighted by molar-refractivity contribution is 6.29. The van der Waals surface area contributed by atoms with E-state index in [0.29, 0.717) is 16.4 Å². The summed E-state index contributed by atoms with van der Waals surface area (Å²) in [5.41, 5.74) is 6.23. The summed E-state index contributed by atoms with van der Waals surface area (Å²) in [4.78, 5) is 15.2. The Balaban J connectivity index is 2.16. The molecule has 0 saturated heterocycles. The van der Waals surface area contributed by atoms with Gasteiger partial charge in [0, 0.05) is 18.2 Å². The summed E-state index contributed by atoms with van der Waals surface area (Å²) in [5, 5.41) is 12.5. The van der Waals surface area contributed by atoms with E-state index in [0.717, 1.165) is 25.7 Å². The Morgan fingerprint density at radius 1 is 1.58 bits per heavy atom. The molecule has 1 aromatic rings. The summed E-state index contributed by atoms with van der Waals surface area (Å²) in [5.74, 6) is -0.472. The summed E-state index contributed by atoms with van der Waals surface area (Å²) in [7, 11) is 0. The number of nitrogens with two attached hydrogens (primary N) is 1. The minimum atomic E-state index is -0.542. The fraction of sp³-hybridized carbons (Fsp3) is 0.462. The molecule has 1 saturated carbocycles. The lowest BCUT2D eigenvalue weighted by atomic mass is 9.86. The molecule has 2 rings (SSSR count). The average Bonchev–Trinajstić information content (AvgIpc) is 2.38. The topological polar surface area (TPSA) is 91.8 Å². The van der Waals surface area contributed by atoms with Crippen LogP contribution in [0.5, 0.6) is 0 Å². The molecule has 1 fully saturated rings. The number of rotatable bonds is 3. The van der Waals surface area contributed by atoms with Gasteiger partial charge in [-0.05, 0) is 25.3 Å². The summed E-state index contributed by atoms with van der Waals surface area (Å²) in [6.45, 7) is 0. The first kappa shape index (κ1) is 13.6. The smallest absolute Gasteiger partial charge is 0.252 e. The molecule has 0 aliphatic heterocycles. The molecule has 3 N–H and O–H groups in total. The van der Waals surface area contributed by atoms with Gasteiger partial charge in [-0.25, -0.2) is 4.98 Å². The fourth-order valence-corrected chi connectivity index (χ4v) is 2.56. The van der Waals surface area contributed by atoms with Gasteiger partial charge in [-0.2, -0.15) is 5.26 Å². The SMILES string of the molecule is N#C[C@H]1CCC[C@H](Nc2cc(Cl)ncc2C(N)=O)C1. The molecule has 100 valence electrons. The molecule has 1 aliphatic rings. The van der Waals surface area contributed by atoms with Crippen LogP contribution in [0, 0.1) is 17.2 Å². The van der Waals surface area contributed by atoms with Crippen molar-refractivity contribution in [2.75, 3.05) is 5.32 Å². The van der Waals surface area contributed by atoms with Crippen molar-refractivity contribution >= 4 is 23.2 Å². The highest BCUT2D eigenvalue weighted by Gasteiger charge is 2.23. The number of pyridine rings is 1. The Morgan fingerprint density at radius 2 is 2.37 bits per heavy atom. The molecule has 0 bridgehead atoms. The molecule has 0 unspecified atom stereocenters. The Labute approximate surface area is 116 Å². The first-order valence-corrected chi connectivity index (χ1v) is 6.59. The van der Waals surface area contributed by atoms with Gasteiger partial charge >= 0.3 is 0 Å². The molecule has 0 aromatic carbocycles. The normalized spacial score (nSPS) is 22.5. The largest absolute Gasteiger partial charge is 0.381 e. The van der Waals surface area contributed by atoms with Crippen molar-refractivity contribution in [2.45, 2.75) is 31.7 Å². The van der Waals surface area contributed by atoms with Crippen LogP contribution in [0.3, 0.4) is 0 Å². The van der Waals surface area contributed by atoms with Gasteiger partial charge in [0.2, 0.25) is 0 Å². The van der Waals surface area contributed by atoms with Crippen LogP contribution >= 0.6 is 11.6 Å². The number of hydrogen-bond acceptors (Lipinski definition) is 4. The molecule has 2 atom stereocenters. The number of hydrogen-bond donors (Lipinski definition) is 2. The Hall–Kier alpha value is -1.80. The lowest BCUT2D eigenvalue weighted by Crippen LogP contribution is -2.28. The Morgan fingerprint density at radius 3 is 3.05 bits per heavy atom. The van der Waals surface area contributed by atoms with Crippen LogP contribution in [-0.4, -0.2) is 16.9 Å². The lowest BCUT2D eigenvalue weighted by molar-refractivity contribution is 0.100. The van der Waals surface area contributed by atoms with E-state index in [2.05, 4.69) is 16.4 Å². The Kier molecular flexibility index (Phi) is 4.23. The van der Waals surface area contributed by atoms with Crippen LogP contribution in [0.1, 0.15) is 36.0 Å². The van der Waals surface area contributed by atoms with E-state index in [4.69, 9.17) is 22.6 Å². The van der Waals surface area contributed by atoms with Gasteiger partial charge in [-0.1, -0.05) is 18.0 Å². The molecule has 6 heteroatoms. The molecule has 1 heterocycles. The van der Waals surface area contributed by atoms with Gasteiger partial charge in [0.1, 0.15) is 5.15 Å². The van der Waals surface area contributed by atoms with Gasteiger partial charge in [-0.15, -0.1) is 0 Å². The molecule has 1 aromatic heterocycles. The van der Waals surface area contributed by atoms with Crippen LogP contribution in [0.2, 0.25) is 5.15 Å². The van der Waals surface area contributed by atoms with Crippen LogP contribution < -0.4 is 11.1 Å². The molecule has 19 heavy (non-hydrogen) atoms. The summed E-state index contributed by atoms with van der Waals surface area (Å²) in [6, 6.07) is 4.06.